The molecule has 0 aromatic rings. The summed E-state index contributed by atoms with van der Waals surface area (Å²) in [6.45, 7) is 9.17. The third-order valence-corrected chi connectivity index (χ3v) is 6.04. The van der Waals surface area contributed by atoms with Crippen molar-refractivity contribution in [1.82, 2.24) is 15.1 Å². The molecule has 1 N–H and O–H groups in total. The van der Waals surface area contributed by atoms with Gasteiger partial charge in [0.25, 0.3) is 0 Å². The third-order valence-electron chi connectivity index (χ3n) is 4.10. The van der Waals surface area contributed by atoms with E-state index in [0.29, 0.717) is 44.4 Å². The molecule has 0 spiro atoms. The van der Waals surface area contributed by atoms with Crippen LogP contribution in [-0.4, -0.2) is 82.5 Å². The molecule has 0 amide bonds. The Balaban J connectivity index is 2.46. The number of alkyl halides is 3. The van der Waals surface area contributed by atoms with Crippen molar-refractivity contribution in [3.05, 3.63) is 0 Å². The van der Waals surface area contributed by atoms with E-state index in [1.807, 2.05) is 25.7 Å². The highest BCUT2D eigenvalue weighted by Crippen LogP contribution is 2.25. The summed E-state index contributed by atoms with van der Waals surface area (Å²) < 4.78 is 50.1. The third kappa shape index (κ3) is 6.23. The predicted molar refractivity (Wildman–Crippen MR) is 92.8 cm³/mol. The Labute approximate surface area is 145 Å². The van der Waals surface area contributed by atoms with Crippen molar-refractivity contribution in [2.24, 2.45) is 4.99 Å². The predicted octanol–water partition coefficient (Wildman–Crippen LogP) is 1.68. The Morgan fingerprint density at radius 2 is 1.75 bits per heavy atom. The zero-order chi connectivity index (χ0) is 18.5. The van der Waals surface area contributed by atoms with Crippen molar-refractivity contribution < 1.29 is 17.4 Å². The van der Waals surface area contributed by atoms with Gasteiger partial charge in [0.2, 0.25) is 0 Å². The van der Waals surface area contributed by atoms with E-state index in [4.69, 9.17) is 0 Å². The van der Waals surface area contributed by atoms with Crippen LogP contribution in [0.2, 0.25) is 0 Å². The van der Waals surface area contributed by atoms with Gasteiger partial charge in [-0.25, -0.2) is 0 Å². The van der Waals surface area contributed by atoms with Crippen LogP contribution in [0.25, 0.3) is 0 Å². The summed E-state index contributed by atoms with van der Waals surface area (Å²) in [5.74, 6) is 1.16. The van der Waals surface area contributed by atoms with Crippen LogP contribution in [0.5, 0.6) is 0 Å². The summed E-state index contributed by atoms with van der Waals surface area (Å²) in [5.41, 5.74) is 0. The van der Waals surface area contributed by atoms with Gasteiger partial charge in [0.1, 0.15) is 6.04 Å². The maximum absolute atomic E-state index is 12.8. The maximum Gasteiger partial charge on any atom is 0.403 e. The number of piperazine rings is 1. The molecular formula is C15H29F3N4OS. The first kappa shape index (κ1) is 21.2. The van der Waals surface area contributed by atoms with Gasteiger partial charge in [0.15, 0.2) is 5.96 Å². The van der Waals surface area contributed by atoms with Crippen LogP contribution in [0.1, 0.15) is 27.7 Å². The van der Waals surface area contributed by atoms with Gasteiger partial charge in [-0.05, 0) is 27.7 Å². The minimum atomic E-state index is -4.20. The number of aliphatic imine (C=N–C) groups is 1. The molecule has 2 unspecified atom stereocenters. The minimum absolute atomic E-state index is 0.259. The standard InChI is InChI=1S/C15H29F3N4OS/c1-12(15(16,17)18)21-7-9-22(10-8-21)13(19-5)20-6-11-24(23)14(2,3)4/h12H,6-11H2,1-5H3,(H,19,20). The molecule has 9 heteroatoms. The number of halogens is 3. The lowest BCUT2D eigenvalue weighted by atomic mass is 10.2. The molecule has 0 aromatic carbocycles. The Hall–Kier alpha value is -0.830. The molecule has 0 radical (unpaired) electrons. The maximum atomic E-state index is 12.8. The van der Waals surface area contributed by atoms with Crippen LogP contribution in [-0.2, 0) is 10.8 Å². The highest BCUT2D eigenvalue weighted by molar-refractivity contribution is 7.86. The second-order valence-corrected chi connectivity index (χ2v) is 9.20. The van der Waals surface area contributed by atoms with Gasteiger partial charge in [0, 0.05) is 61.1 Å². The van der Waals surface area contributed by atoms with Crippen molar-refractivity contribution in [2.75, 3.05) is 45.5 Å². The van der Waals surface area contributed by atoms with E-state index >= 15 is 0 Å². The molecule has 1 heterocycles. The number of hydrogen-bond acceptors (Lipinski definition) is 3. The zero-order valence-corrected chi connectivity index (χ0v) is 15.9. The quantitative estimate of drug-likeness (QED) is 0.604. The van der Waals surface area contributed by atoms with Gasteiger partial charge >= 0.3 is 6.18 Å². The summed E-state index contributed by atoms with van der Waals surface area (Å²) in [6, 6.07) is -1.43. The first-order valence-corrected chi connectivity index (χ1v) is 9.43. The van der Waals surface area contributed by atoms with Gasteiger partial charge in [-0.15, -0.1) is 0 Å². The first-order chi connectivity index (χ1) is 11.0. The minimum Gasteiger partial charge on any atom is -0.355 e. The van der Waals surface area contributed by atoms with E-state index in [2.05, 4.69) is 10.3 Å². The SMILES string of the molecule is CN=C(NCCS(=O)C(C)(C)C)N1CCN(C(C)C(F)(F)F)CC1. The van der Waals surface area contributed by atoms with E-state index in [-0.39, 0.29) is 4.75 Å². The second-order valence-electron chi connectivity index (χ2n) is 6.88. The Morgan fingerprint density at radius 1 is 1.21 bits per heavy atom. The average molecular weight is 370 g/mol. The van der Waals surface area contributed by atoms with Crippen molar-refractivity contribution in [1.29, 1.82) is 0 Å². The molecule has 0 aromatic heterocycles. The molecule has 2 atom stereocenters. The van der Waals surface area contributed by atoms with Crippen LogP contribution < -0.4 is 5.32 Å². The van der Waals surface area contributed by atoms with Crippen molar-refractivity contribution >= 4 is 16.8 Å². The van der Waals surface area contributed by atoms with Gasteiger partial charge in [0.05, 0.1) is 0 Å². The summed E-state index contributed by atoms with van der Waals surface area (Å²) in [5, 5.41) is 3.16. The molecule has 142 valence electrons. The van der Waals surface area contributed by atoms with Gasteiger partial charge in [-0.3, -0.25) is 14.1 Å². The van der Waals surface area contributed by atoms with Gasteiger partial charge < -0.3 is 10.2 Å². The monoisotopic (exact) mass is 370 g/mol. The molecule has 1 fully saturated rings. The van der Waals surface area contributed by atoms with Crippen molar-refractivity contribution in [3.8, 4) is 0 Å². The summed E-state index contributed by atoms with van der Waals surface area (Å²) in [7, 11) is 0.695. The number of guanidine groups is 1. The molecular weight excluding hydrogens is 341 g/mol. The van der Waals surface area contributed by atoms with Crippen LogP contribution >= 0.6 is 0 Å². The van der Waals surface area contributed by atoms with E-state index < -0.39 is 23.0 Å². The van der Waals surface area contributed by atoms with E-state index in [1.54, 1.807) is 7.05 Å². The Kier molecular flexibility index (Phi) is 7.52. The van der Waals surface area contributed by atoms with Crippen LogP contribution in [0.4, 0.5) is 13.2 Å². The lowest BCUT2D eigenvalue weighted by Gasteiger charge is -2.39. The summed E-state index contributed by atoms with van der Waals surface area (Å²) in [6.07, 6.45) is -4.20. The normalized spacial score (nSPS) is 20.8. The molecule has 5 nitrogen and oxygen atoms in total. The van der Waals surface area contributed by atoms with Crippen LogP contribution in [0.3, 0.4) is 0 Å². The fourth-order valence-electron chi connectivity index (χ4n) is 2.42. The fourth-order valence-corrected chi connectivity index (χ4v) is 3.32. The Bertz CT molecular complexity index is 455. The molecule has 1 aliphatic rings. The number of nitrogens with one attached hydrogen (secondary N) is 1. The summed E-state index contributed by atoms with van der Waals surface area (Å²) >= 11 is 0. The largest absolute Gasteiger partial charge is 0.403 e. The van der Waals surface area contributed by atoms with Crippen LogP contribution in [0.15, 0.2) is 4.99 Å². The highest BCUT2D eigenvalue weighted by atomic mass is 32.2. The average Bonchev–Trinajstić information content (AvgIpc) is 2.49. The van der Waals surface area contributed by atoms with Crippen molar-refractivity contribution in [2.45, 2.75) is 44.7 Å². The lowest BCUT2D eigenvalue weighted by Crippen LogP contribution is -2.57. The molecule has 0 bridgehead atoms. The second kappa shape index (κ2) is 8.51. The molecule has 0 aliphatic carbocycles. The number of nitrogens with zero attached hydrogens (tertiary/aromatic N) is 3. The molecule has 24 heavy (non-hydrogen) atoms. The molecule has 1 aliphatic heterocycles. The van der Waals surface area contributed by atoms with Crippen LogP contribution in [0, 0.1) is 0 Å². The topological polar surface area (TPSA) is 47.9 Å². The fraction of sp³-hybridized carbons (Fsp3) is 0.933. The van der Waals surface area contributed by atoms with Gasteiger partial charge in [-0.2, -0.15) is 13.2 Å². The lowest BCUT2D eigenvalue weighted by molar-refractivity contribution is -0.181. The van der Waals surface area contributed by atoms with Gasteiger partial charge in [-0.1, -0.05) is 0 Å². The first-order valence-electron chi connectivity index (χ1n) is 8.11. The van der Waals surface area contributed by atoms with E-state index in [0.717, 1.165) is 0 Å². The van der Waals surface area contributed by atoms with E-state index in [1.165, 1.54) is 11.8 Å². The Morgan fingerprint density at radius 3 is 2.17 bits per heavy atom. The highest BCUT2D eigenvalue weighted by Gasteiger charge is 2.41. The molecule has 1 saturated heterocycles. The smallest absolute Gasteiger partial charge is 0.355 e. The zero-order valence-electron chi connectivity index (χ0n) is 15.1. The molecule has 0 saturated carbocycles. The van der Waals surface area contributed by atoms with Crippen molar-refractivity contribution in [3.63, 3.8) is 0 Å². The summed E-state index contributed by atoms with van der Waals surface area (Å²) in [4.78, 5) is 7.57. The number of rotatable bonds is 4. The number of hydrogen-bond donors (Lipinski definition) is 1. The molecule has 1 rings (SSSR count). The van der Waals surface area contributed by atoms with E-state index in [9.17, 15) is 17.4 Å².